The molecule has 0 unspecified atom stereocenters. The molecule has 0 aliphatic heterocycles. The van der Waals surface area contributed by atoms with Gasteiger partial charge in [0.05, 0.1) is 23.4 Å². The van der Waals surface area contributed by atoms with E-state index >= 15 is 0 Å². The summed E-state index contributed by atoms with van der Waals surface area (Å²) in [5.74, 6) is 0.480. The maximum atomic E-state index is 12.5. The van der Waals surface area contributed by atoms with Crippen LogP contribution >= 0.6 is 11.6 Å². The number of ether oxygens (including phenoxy) is 1. The lowest BCUT2D eigenvalue weighted by molar-refractivity contribution is 0.0888. The van der Waals surface area contributed by atoms with Gasteiger partial charge in [0.2, 0.25) is 5.69 Å². The maximum Gasteiger partial charge on any atom is 0.272 e. The van der Waals surface area contributed by atoms with E-state index in [4.69, 9.17) is 22.9 Å². The Morgan fingerprint density at radius 1 is 1.17 bits per heavy atom. The number of carbonyl (C=O) groups is 1. The van der Waals surface area contributed by atoms with Gasteiger partial charge in [-0.3, -0.25) is 4.79 Å². The summed E-state index contributed by atoms with van der Waals surface area (Å²) < 4.78 is 6.00. The molecule has 3 rings (SSSR count). The third kappa shape index (κ3) is 5.45. The van der Waals surface area contributed by atoms with Gasteiger partial charge in [0.1, 0.15) is 5.75 Å². The van der Waals surface area contributed by atoms with Crippen molar-refractivity contribution >= 4 is 23.2 Å². The molecule has 1 heterocycles. The molecular formula is C22H25ClN4O2. The van der Waals surface area contributed by atoms with Gasteiger partial charge in [-0.05, 0) is 49.9 Å². The molecule has 1 aliphatic carbocycles. The number of amides is 1. The summed E-state index contributed by atoms with van der Waals surface area (Å²) in [7, 11) is 0. The van der Waals surface area contributed by atoms with E-state index in [1.54, 1.807) is 24.3 Å². The molecule has 1 saturated carbocycles. The lowest BCUT2D eigenvalue weighted by atomic mass is 9.92. The molecule has 1 aliphatic rings. The second-order valence-electron chi connectivity index (χ2n) is 8.34. The zero-order chi connectivity index (χ0) is 21.0. The van der Waals surface area contributed by atoms with Crippen molar-refractivity contribution in [3.05, 3.63) is 58.2 Å². The zero-order valence-corrected chi connectivity index (χ0v) is 17.7. The fourth-order valence-electron chi connectivity index (χ4n) is 3.28. The van der Waals surface area contributed by atoms with Crippen LogP contribution in [-0.4, -0.2) is 28.3 Å². The van der Waals surface area contributed by atoms with Crippen molar-refractivity contribution in [2.24, 2.45) is 0 Å². The molecule has 1 aromatic carbocycles. The van der Waals surface area contributed by atoms with Crippen molar-refractivity contribution in [1.82, 2.24) is 15.5 Å². The number of nitrogens with zero attached hydrogens (tertiary/aromatic N) is 3. The number of aromatic nitrogens is 2. The third-order valence-electron chi connectivity index (χ3n) is 5.02. The Morgan fingerprint density at radius 3 is 2.45 bits per heavy atom. The molecule has 0 bridgehead atoms. The highest BCUT2D eigenvalue weighted by Gasteiger charge is 2.25. The van der Waals surface area contributed by atoms with Crippen LogP contribution in [0.15, 0.2) is 30.3 Å². The van der Waals surface area contributed by atoms with Crippen LogP contribution in [0.2, 0.25) is 5.02 Å². The summed E-state index contributed by atoms with van der Waals surface area (Å²) in [6, 6.07) is 8.81. The second kappa shape index (κ2) is 8.79. The topological polar surface area (TPSA) is 68.5 Å². The predicted octanol–water partition coefficient (Wildman–Crippen LogP) is 5.10. The Bertz CT molecular complexity index is 908. The van der Waals surface area contributed by atoms with E-state index in [9.17, 15) is 4.79 Å². The number of nitrogens with one attached hydrogen (secondary N) is 1. The van der Waals surface area contributed by atoms with E-state index < -0.39 is 0 Å². The first kappa shape index (κ1) is 21.1. The standard InChI is InChI=1S/C22H25ClN4O2/c1-22(2,3)20-12-11-19(26-27-20)21(28)25-14-5-7-15(8-6-14)29-16-9-10-18(24-4)17(23)13-16/h9-15H,5-8H2,1-3H3,(H,25,28). The maximum absolute atomic E-state index is 12.5. The van der Waals surface area contributed by atoms with Crippen LogP contribution in [-0.2, 0) is 5.41 Å². The summed E-state index contributed by atoms with van der Waals surface area (Å²) in [5.41, 5.74) is 1.52. The largest absolute Gasteiger partial charge is 0.490 e. The molecule has 1 N–H and O–H groups in total. The third-order valence-corrected chi connectivity index (χ3v) is 5.32. The minimum atomic E-state index is -0.191. The van der Waals surface area contributed by atoms with Gasteiger partial charge in [0.25, 0.3) is 5.91 Å². The van der Waals surface area contributed by atoms with Gasteiger partial charge < -0.3 is 10.1 Å². The lowest BCUT2D eigenvalue weighted by Gasteiger charge is -2.29. The molecule has 0 saturated heterocycles. The van der Waals surface area contributed by atoms with Crippen molar-refractivity contribution < 1.29 is 9.53 Å². The summed E-state index contributed by atoms with van der Waals surface area (Å²) >= 11 is 6.07. The summed E-state index contributed by atoms with van der Waals surface area (Å²) in [5, 5.41) is 11.7. The highest BCUT2D eigenvalue weighted by atomic mass is 35.5. The van der Waals surface area contributed by atoms with Gasteiger partial charge in [-0.2, -0.15) is 5.10 Å². The normalized spacial score (nSPS) is 19.3. The Morgan fingerprint density at radius 2 is 1.90 bits per heavy atom. The van der Waals surface area contributed by atoms with E-state index in [0.717, 1.165) is 31.4 Å². The van der Waals surface area contributed by atoms with E-state index in [1.807, 2.05) is 6.07 Å². The molecule has 6 nitrogen and oxygen atoms in total. The van der Waals surface area contributed by atoms with Gasteiger partial charge >= 0.3 is 0 Å². The molecule has 1 fully saturated rings. The molecule has 29 heavy (non-hydrogen) atoms. The first-order valence-corrected chi connectivity index (χ1v) is 10.1. The van der Waals surface area contributed by atoms with Crippen LogP contribution in [0.5, 0.6) is 5.75 Å². The van der Waals surface area contributed by atoms with Crippen LogP contribution in [0.1, 0.15) is 62.6 Å². The molecule has 1 aromatic heterocycles. The van der Waals surface area contributed by atoms with E-state index in [-0.39, 0.29) is 23.5 Å². The Kier molecular flexibility index (Phi) is 6.39. The summed E-state index contributed by atoms with van der Waals surface area (Å²) in [6.45, 7) is 13.2. The quantitative estimate of drug-likeness (QED) is 0.709. The van der Waals surface area contributed by atoms with Crippen LogP contribution in [0.4, 0.5) is 5.69 Å². The van der Waals surface area contributed by atoms with Crippen molar-refractivity contribution in [3.63, 3.8) is 0 Å². The van der Waals surface area contributed by atoms with Crippen molar-refractivity contribution in [2.75, 3.05) is 0 Å². The minimum absolute atomic E-state index is 0.0730. The number of halogens is 1. The highest BCUT2D eigenvalue weighted by molar-refractivity contribution is 6.33. The average molecular weight is 413 g/mol. The van der Waals surface area contributed by atoms with Gasteiger partial charge in [0.15, 0.2) is 5.69 Å². The number of rotatable bonds is 4. The van der Waals surface area contributed by atoms with E-state index in [0.29, 0.717) is 22.2 Å². The average Bonchev–Trinajstić information content (AvgIpc) is 2.69. The van der Waals surface area contributed by atoms with Crippen LogP contribution < -0.4 is 10.1 Å². The molecule has 1 amide bonds. The van der Waals surface area contributed by atoms with Gasteiger partial charge in [-0.25, -0.2) is 4.85 Å². The van der Waals surface area contributed by atoms with Crippen LogP contribution in [0, 0.1) is 6.57 Å². The Balaban J connectivity index is 1.50. The second-order valence-corrected chi connectivity index (χ2v) is 8.75. The first-order chi connectivity index (χ1) is 13.8. The number of hydrogen-bond donors (Lipinski definition) is 1. The first-order valence-electron chi connectivity index (χ1n) is 9.75. The summed E-state index contributed by atoms with van der Waals surface area (Å²) in [6.07, 6.45) is 3.41. The monoisotopic (exact) mass is 412 g/mol. The lowest BCUT2D eigenvalue weighted by Crippen LogP contribution is -2.40. The smallest absolute Gasteiger partial charge is 0.272 e. The SMILES string of the molecule is [C-]#[N+]c1ccc(OC2CCC(NC(=O)c3ccc(C(C)(C)C)nn3)CC2)cc1Cl. The van der Waals surface area contributed by atoms with Crippen LogP contribution in [0.3, 0.4) is 0 Å². The fourth-order valence-corrected chi connectivity index (χ4v) is 3.49. The zero-order valence-electron chi connectivity index (χ0n) is 16.9. The molecule has 0 atom stereocenters. The van der Waals surface area contributed by atoms with Crippen molar-refractivity contribution in [1.29, 1.82) is 0 Å². The van der Waals surface area contributed by atoms with Gasteiger partial charge in [-0.15, -0.1) is 5.10 Å². The molecule has 7 heteroatoms. The predicted molar refractivity (Wildman–Crippen MR) is 113 cm³/mol. The summed E-state index contributed by atoms with van der Waals surface area (Å²) in [4.78, 5) is 15.8. The number of carbonyl (C=O) groups excluding carboxylic acids is 1. The van der Waals surface area contributed by atoms with Gasteiger partial charge in [0, 0.05) is 11.5 Å². The molecule has 2 aromatic rings. The van der Waals surface area contributed by atoms with E-state index in [1.165, 1.54) is 0 Å². The Hall–Kier alpha value is -2.65. The molecule has 0 spiro atoms. The van der Waals surface area contributed by atoms with Crippen molar-refractivity contribution in [3.8, 4) is 5.75 Å². The molecule has 0 radical (unpaired) electrons. The highest BCUT2D eigenvalue weighted by Crippen LogP contribution is 2.31. The van der Waals surface area contributed by atoms with Crippen molar-refractivity contribution in [2.45, 2.75) is 64.0 Å². The number of hydrogen-bond acceptors (Lipinski definition) is 4. The minimum Gasteiger partial charge on any atom is -0.490 e. The van der Waals surface area contributed by atoms with Gasteiger partial charge in [-0.1, -0.05) is 38.4 Å². The molecular weight excluding hydrogens is 388 g/mol. The fraction of sp³-hybridized carbons (Fsp3) is 0.455. The molecule has 152 valence electrons. The van der Waals surface area contributed by atoms with Crippen LogP contribution in [0.25, 0.3) is 4.85 Å². The Labute approximate surface area is 176 Å². The number of benzene rings is 1. The van der Waals surface area contributed by atoms with E-state index in [2.05, 4.69) is 41.1 Å².